The number of hydrogen-bond acceptors (Lipinski definition) is 2. The Labute approximate surface area is 68.5 Å². The predicted molar refractivity (Wildman–Crippen MR) is 28.2 cm³/mol. The minimum Gasteiger partial charge on any atom is -0.264 e. The first-order valence-corrected chi connectivity index (χ1v) is 2.10. The summed E-state index contributed by atoms with van der Waals surface area (Å²) in [6.07, 6.45) is 0. The zero-order chi connectivity index (χ0) is 4.50. The second kappa shape index (κ2) is 5.25. The van der Waals surface area contributed by atoms with Crippen molar-refractivity contribution in [2.24, 2.45) is 0 Å². The van der Waals surface area contributed by atoms with E-state index < -0.39 is 10.4 Å². The molecule has 2 N–H and O–H groups in total. The molecule has 0 aromatic rings. The van der Waals surface area contributed by atoms with Crippen molar-refractivity contribution in [1.29, 1.82) is 0 Å². The van der Waals surface area contributed by atoms with Crippen LogP contribution in [0.2, 0.25) is 0 Å². The predicted octanol–water partition coefficient (Wildman–Crippen LogP) is 0.230. The van der Waals surface area contributed by atoms with E-state index in [0.29, 0.717) is 0 Å². The first-order valence-electron chi connectivity index (χ1n) is 0.698. The average molecular weight is 284 g/mol. The topological polar surface area (TPSA) is 74.6 Å². The van der Waals surface area contributed by atoms with Gasteiger partial charge in [0, 0.05) is 40.8 Å². The Kier molecular flexibility index (Phi) is 11.8. The van der Waals surface area contributed by atoms with Crippen LogP contribution in [0.3, 0.4) is 0 Å². The maximum absolute atomic E-state index is 8.74. The zero-order valence-electron chi connectivity index (χ0n) is 2.83. The summed E-state index contributed by atoms with van der Waals surface area (Å²) < 4.78 is 31.6. The van der Waals surface area contributed by atoms with Gasteiger partial charge in [-0.3, -0.25) is 9.11 Å². The van der Waals surface area contributed by atoms with Crippen molar-refractivity contribution in [3.05, 3.63) is 0 Å². The van der Waals surface area contributed by atoms with Gasteiger partial charge in [-0.15, -0.1) is 0 Å². The van der Waals surface area contributed by atoms with Gasteiger partial charge < -0.3 is 0 Å². The van der Waals surface area contributed by atoms with E-state index in [1.807, 2.05) is 0 Å². The molecule has 4 nitrogen and oxygen atoms in total. The molecule has 0 atom stereocenters. The van der Waals surface area contributed by atoms with Gasteiger partial charge in [-0.05, 0) is 0 Å². The first-order chi connectivity index (χ1) is 2.00. The van der Waals surface area contributed by atoms with Crippen LogP contribution in [-0.2, 0) is 27.2 Å². The zero-order valence-corrected chi connectivity index (χ0v) is 6.85. The summed E-state index contributed by atoms with van der Waals surface area (Å²) in [5.41, 5.74) is 0. The van der Waals surface area contributed by atoms with Gasteiger partial charge in [-0.25, -0.2) is 0 Å². The van der Waals surface area contributed by atoms with E-state index in [2.05, 4.69) is 0 Å². The van der Waals surface area contributed by atoms with Gasteiger partial charge in [0.15, 0.2) is 0 Å². The quantitative estimate of drug-likeness (QED) is 0.493. The molecule has 0 aliphatic rings. The van der Waals surface area contributed by atoms with Crippen LogP contribution in [0.1, 0.15) is 0 Å². The SMILES string of the molecule is O=S(=O)(O)O.[Co].[I]. The van der Waals surface area contributed by atoms with Crippen LogP contribution < -0.4 is 0 Å². The molecule has 0 saturated heterocycles. The van der Waals surface area contributed by atoms with Gasteiger partial charge in [0.25, 0.3) is 0 Å². The van der Waals surface area contributed by atoms with Crippen molar-refractivity contribution in [3.63, 3.8) is 0 Å². The Bertz CT molecular complexity index is 94.9. The molecule has 0 heterocycles. The molecule has 0 unspecified atom stereocenters. The monoisotopic (exact) mass is 284 g/mol. The Balaban J connectivity index is -0.0000000800. The fourth-order valence-electron chi connectivity index (χ4n) is 0. The van der Waals surface area contributed by atoms with Crippen LogP contribution in [0, 0.1) is 0 Å². The molecule has 0 saturated carbocycles. The Morgan fingerprint density at radius 3 is 1.14 bits per heavy atom. The van der Waals surface area contributed by atoms with Crippen molar-refractivity contribution < 1.29 is 34.3 Å². The second-order valence-electron chi connectivity index (χ2n) is 0.448. The maximum atomic E-state index is 8.74. The molecular weight excluding hydrogens is 282 g/mol. The molecule has 48 valence electrons. The molecule has 0 spiro atoms. The molecule has 0 bridgehead atoms. The van der Waals surface area contributed by atoms with Gasteiger partial charge in [0.2, 0.25) is 0 Å². The normalized spacial score (nSPS) is 8.29. The van der Waals surface area contributed by atoms with E-state index >= 15 is 0 Å². The third-order valence-electron chi connectivity index (χ3n) is 0. The molecule has 0 aromatic carbocycles. The van der Waals surface area contributed by atoms with E-state index in [-0.39, 0.29) is 40.8 Å². The van der Waals surface area contributed by atoms with E-state index in [9.17, 15) is 0 Å². The minimum absolute atomic E-state index is 0. The minimum atomic E-state index is -4.67. The average Bonchev–Trinajstić information content (AvgIpc) is 0.722. The van der Waals surface area contributed by atoms with Crippen molar-refractivity contribution in [2.75, 3.05) is 0 Å². The molecule has 0 fully saturated rings. The fraction of sp³-hybridized carbons (Fsp3) is 0. The van der Waals surface area contributed by atoms with Crippen LogP contribution in [0.15, 0.2) is 0 Å². The number of rotatable bonds is 0. The smallest absolute Gasteiger partial charge is 0.264 e. The Morgan fingerprint density at radius 2 is 1.14 bits per heavy atom. The molecule has 7 heavy (non-hydrogen) atoms. The summed E-state index contributed by atoms with van der Waals surface area (Å²) in [5.74, 6) is 0. The summed E-state index contributed by atoms with van der Waals surface area (Å²) in [6.45, 7) is 0. The van der Waals surface area contributed by atoms with E-state index in [0.717, 1.165) is 0 Å². The van der Waals surface area contributed by atoms with E-state index in [1.54, 1.807) is 0 Å². The van der Waals surface area contributed by atoms with Crippen LogP contribution >= 0.6 is 24.0 Å². The summed E-state index contributed by atoms with van der Waals surface area (Å²) in [7, 11) is -4.67. The summed E-state index contributed by atoms with van der Waals surface area (Å²) in [5, 5.41) is 0. The van der Waals surface area contributed by atoms with Crippen molar-refractivity contribution in [1.82, 2.24) is 0 Å². The fourth-order valence-corrected chi connectivity index (χ4v) is 0. The molecule has 2 radical (unpaired) electrons. The number of halogens is 1. The summed E-state index contributed by atoms with van der Waals surface area (Å²) in [6, 6.07) is 0. The van der Waals surface area contributed by atoms with Crippen LogP contribution in [0.5, 0.6) is 0 Å². The van der Waals surface area contributed by atoms with Crippen molar-refractivity contribution in [2.45, 2.75) is 0 Å². The van der Waals surface area contributed by atoms with E-state index in [4.69, 9.17) is 17.5 Å². The van der Waals surface area contributed by atoms with Gasteiger partial charge in [0.05, 0.1) is 0 Å². The van der Waals surface area contributed by atoms with Crippen LogP contribution in [0.4, 0.5) is 0 Å². The van der Waals surface area contributed by atoms with Gasteiger partial charge >= 0.3 is 10.4 Å². The first kappa shape index (κ1) is 15.7. The summed E-state index contributed by atoms with van der Waals surface area (Å²) >= 11 is 0. The molecule has 0 rings (SSSR count). The van der Waals surface area contributed by atoms with Crippen molar-refractivity contribution >= 4 is 34.4 Å². The van der Waals surface area contributed by atoms with Gasteiger partial charge in [-0.1, -0.05) is 0 Å². The van der Waals surface area contributed by atoms with Crippen LogP contribution in [0.25, 0.3) is 0 Å². The molecule has 0 aliphatic carbocycles. The summed E-state index contributed by atoms with van der Waals surface area (Å²) in [4.78, 5) is 0. The Morgan fingerprint density at radius 1 is 1.14 bits per heavy atom. The van der Waals surface area contributed by atoms with Crippen LogP contribution in [-0.4, -0.2) is 17.5 Å². The maximum Gasteiger partial charge on any atom is 0.394 e. The molecule has 7 heteroatoms. The van der Waals surface area contributed by atoms with Crippen molar-refractivity contribution in [3.8, 4) is 0 Å². The Hall–Kier alpha value is 1.11. The third-order valence-corrected chi connectivity index (χ3v) is 0. The van der Waals surface area contributed by atoms with Gasteiger partial charge in [-0.2, -0.15) is 8.42 Å². The van der Waals surface area contributed by atoms with E-state index in [1.165, 1.54) is 0 Å². The van der Waals surface area contributed by atoms with Gasteiger partial charge in [0.1, 0.15) is 0 Å². The standard InChI is InChI=1S/Co.I.H2O4S/c;;1-5(2,3)4/h;;(H2,1,2,3,4). The molecular formula is H2CoIO4S. The molecule has 0 amide bonds. The molecule has 0 aromatic heterocycles. The largest absolute Gasteiger partial charge is 0.394 e. The third kappa shape index (κ3) is 151. The second-order valence-corrected chi connectivity index (χ2v) is 1.34. The molecule has 0 aliphatic heterocycles. The number of hydrogen-bond donors (Lipinski definition) is 2.